The standard InChI is InChI=1S/C13H22N4O2/c1-4-14-13(19)16-12-8-11(6-7-15-12)17(5-2)9-10(3)18/h6-8,10,18H,4-5,9H2,1-3H3,(H2,14,15,16,19). The Labute approximate surface area is 113 Å². The van der Waals surface area contributed by atoms with E-state index in [-0.39, 0.29) is 6.03 Å². The molecule has 1 heterocycles. The number of rotatable bonds is 6. The van der Waals surface area contributed by atoms with Gasteiger partial charge in [0.15, 0.2) is 0 Å². The molecule has 0 fully saturated rings. The Kier molecular flexibility index (Phi) is 6.08. The van der Waals surface area contributed by atoms with Crippen LogP contribution in [-0.2, 0) is 0 Å². The van der Waals surface area contributed by atoms with Crippen molar-refractivity contribution in [3.05, 3.63) is 18.3 Å². The van der Waals surface area contributed by atoms with Crippen LogP contribution in [0.4, 0.5) is 16.3 Å². The number of hydrogen-bond acceptors (Lipinski definition) is 4. The highest BCUT2D eigenvalue weighted by atomic mass is 16.3. The quantitative estimate of drug-likeness (QED) is 0.728. The van der Waals surface area contributed by atoms with Gasteiger partial charge in [-0.05, 0) is 26.8 Å². The van der Waals surface area contributed by atoms with Crippen LogP contribution in [0, 0.1) is 0 Å². The predicted octanol–water partition coefficient (Wildman–Crippen LogP) is 1.43. The van der Waals surface area contributed by atoms with Crippen LogP contribution in [0.3, 0.4) is 0 Å². The Morgan fingerprint density at radius 1 is 1.53 bits per heavy atom. The van der Waals surface area contributed by atoms with Crippen molar-refractivity contribution in [1.82, 2.24) is 10.3 Å². The van der Waals surface area contributed by atoms with Gasteiger partial charge in [-0.15, -0.1) is 0 Å². The minimum atomic E-state index is -0.409. The summed E-state index contributed by atoms with van der Waals surface area (Å²) in [4.78, 5) is 17.5. The normalized spacial score (nSPS) is 11.8. The van der Waals surface area contributed by atoms with Crippen LogP contribution in [0.2, 0.25) is 0 Å². The zero-order valence-corrected chi connectivity index (χ0v) is 11.7. The fourth-order valence-corrected chi connectivity index (χ4v) is 1.74. The average Bonchev–Trinajstić information content (AvgIpc) is 2.36. The van der Waals surface area contributed by atoms with Gasteiger partial charge in [-0.1, -0.05) is 0 Å². The second kappa shape index (κ2) is 7.58. The molecule has 0 radical (unpaired) electrons. The number of aromatic nitrogens is 1. The summed E-state index contributed by atoms with van der Waals surface area (Å²) >= 11 is 0. The van der Waals surface area contributed by atoms with E-state index in [4.69, 9.17) is 0 Å². The van der Waals surface area contributed by atoms with Crippen molar-refractivity contribution in [2.45, 2.75) is 26.9 Å². The van der Waals surface area contributed by atoms with Crippen LogP contribution < -0.4 is 15.5 Å². The van der Waals surface area contributed by atoms with Crippen LogP contribution in [0.25, 0.3) is 0 Å². The topological polar surface area (TPSA) is 77.5 Å². The van der Waals surface area contributed by atoms with E-state index in [0.717, 1.165) is 12.2 Å². The number of nitrogens with one attached hydrogen (secondary N) is 2. The van der Waals surface area contributed by atoms with Gasteiger partial charge in [0.1, 0.15) is 5.82 Å². The summed E-state index contributed by atoms with van der Waals surface area (Å²) in [7, 11) is 0. The van der Waals surface area contributed by atoms with Gasteiger partial charge in [0.2, 0.25) is 0 Å². The van der Waals surface area contributed by atoms with Crippen molar-refractivity contribution >= 4 is 17.5 Å². The van der Waals surface area contributed by atoms with E-state index in [1.54, 1.807) is 19.2 Å². The van der Waals surface area contributed by atoms with Crippen molar-refractivity contribution < 1.29 is 9.90 Å². The second-order valence-corrected chi connectivity index (χ2v) is 4.27. The molecule has 3 N–H and O–H groups in total. The number of hydrogen-bond donors (Lipinski definition) is 3. The molecule has 0 aliphatic heterocycles. The number of likely N-dealkylation sites (N-methyl/N-ethyl adjacent to an activating group) is 1. The highest BCUT2D eigenvalue weighted by molar-refractivity contribution is 5.88. The van der Waals surface area contributed by atoms with E-state index in [2.05, 4.69) is 15.6 Å². The van der Waals surface area contributed by atoms with E-state index in [1.807, 2.05) is 24.8 Å². The Hall–Kier alpha value is -1.82. The lowest BCUT2D eigenvalue weighted by Crippen LogP contribution is -2.31. The zero-order valence-electron chi connectivity index (χ0n) is 11.7. The summed E-state index contributed by atoms with van der Waals surface area (Å²) in [6.45, 7) is 7.49. The van der Waals surface area contributed by atoms with E-state index in [9.17, 15) is 9.90 Å². The molecule has 106 valence electrons. The van der Waals surface area contributed by atoms with E-state index < -0.39 is 6.10 Å². The van der Waals surface area contributed by atoms with Crippen LogP contribution in [-0.4, -0.2) is 41.9 Å². The third-order valence-electron chi connectivity index (χ3n) is 2.55. The Morgan fingerprint density at radius 2 is 2.26 bits per heavy atom. The van der Waals surface area contributed by atoms with E-state index in [0.29, 0.717) is 18.9 Å². The lowest BCUT2D eigenvalue weighted by atomic mass is 10.3. The number of aliphatic hydroxyl groups is 1. The molecule has 0 saturated heterocycles. The molecule has 0 aromatic carbocycles. The molecule has 1 aromatic heterocycles. The summed E-state index contributed by atoms with van der Waals surface area (Å²) < 4.78 is 0. The number of carbonyl (C=O) groups is 1. The fourth-order valence-electron chi connectivity index (χ4n) is 1.74. The number of carbonyl (C=O) groups excluding carboxylic acids is 1. The minimum Gasteiger partial charge on any atom is -0.392 e. The van der Waals surface area contributed by atoms with Gasteiger partial charge in [-0.2, -0.15) is 0 Å². The van der Waals surface area contributed by atoms with Gasteiger partial charge >= 0.3 is 6.03 Å². The summed E-state index contributed by atoms with van der Waals surface area (Å²) in [5, 5.41) is 14.8. The first-order valence-corrected chi connectivity index (χ1v) is 6.50. The SMILES string of the molecule is CCNC(=O)Nc1cc(N(CC)CC(C)O)ccn1. The number of urea groups is 1. The summed E-state index contributed by atoms with van der Waals surface area (Å²) in [5.41, 5.74) is 0.921. The molecule has 1 unspecified atom stereocenters. The van der Waals surface area contributed by atoms with Crippen molar-refractivity contribution in [2.75, 3.05) is 29.9 Å². The number of nitrogens with zero attached hydrogens (tertiary/aromatic N) is 2. The van der Waals surface area contributed by atoms with Gasteiger partial charge in [0.25, 0.3) is 0 Å². The number of anilines is 2. The molecule has 1 aromatic rings. The third-order valence-corrected chi connectivity index (χ3v) is 2.55. The first kappa shape index (κ1) is 15.2. The van der Waals surface area contributed by atoms with Crippen molar-refractivity contribution in [1.29, 1.82) is 0 Å². The molecule has 1 rings (SSSR count). The Morgan fingerprint density at radius 3 is 2.84 bits per heavy atom. The second-order valence-electron chi connectivity index (χ2n) is 4.27. The van der Waals surface area contributed by atoms with Gasteiger partial charge in [-0.3, -0.25) is 5.32 Å². The monoisotopic (exact) mass is 266 g/mol. The van der Waals surface area contributed by atoms with Crippen molar-refractivity contribution in [2.24, 2.45) is 0 Å². The molecule has 0 spiro atoms. The smallest absolute Gasteiger partial charge is 0.320 e. The maximum Gasteiger partial charge on any atom is 0.320 e. The molecule has 0 bridgehead atoms. The molecular formula is C13H22N4O2. The maximum atomic E-state index is 11.4. The minimum absolute atomic E-state index is 0.272. The molecule has 6 nitrogen and oxygen atoms in total. The fraction of sp³-hybridized carbons (Fsp3) is 0.538. The lowest BCUT2D eigenvalue weighted by Gasteiger charge is -2.24. The molecule has 0 aliphatic rings. The Bertz CT molecular complexity index is 409. The highest BCUT2D eigenvalue weighted by Crippen LogP contribution is 2.17. The van der Waals surface area contributed by atoms with Crippen molar-refractivity contribution in [3.63, 3.8) is 0 Å². The molecular weight excluding hydrogens is 244 g/mol. The largest absolute Gasteiger partial charge is 0.392 e. The zero-order chi connectivity index (χ0) is 14.3. The van der Waals surface area contributed by atoms with Crippen LogP contribution >= 0.6 is 0 Å². The summed E-state index contributed by atoms with van der Waals surface area (Å²) in [5.74, 6) is 0.493. The molecule has 0 saturated carbocycles. The highest BCUT2D eigenvalue weighted by Gasteiger charge is 2.09. The van der Waals surface area contributed by atoms with E-state index >= 15 is 0 Å². The molecule has 19 heavy (non-hydrogen) atoms. The lowest BCUT2D eigenvalue weighted by molar-refractivity contribution is 0.200. The van der Waals surface area contributed by atoms with Crippen molar-refractivity contribution in [3.8, 4) is 0 Å². The van der Waals surface area contributed by atoms with Gasteiger partial charge in [-0.25, -0.2) is 9.78 Å². The summed E-state index contributed by atoms with van der Waals surface area (Å²) in [6.07, 6.45) is 1.23. The summed E-state index contributed by atoms with van der Waals surface area (Å²) in [6, 6.07) is 3.38. The van der Waals surface area contributed by atoms with Gasteiger partial charge in [0, 0.05) is 37.6 Å². The number of amides is 2. The van der Waals surface area contributed by atoms with Gasteiger partial charge in [0.05, 0.1) is 6.10 Å². The molecule has 0 aliphatic carbocycles. The number of pyridine rings is 1. The average molecular weight is 266 g/mol. The Balaban J connectivity index is 2.77. The molecule has 1 atom stereocenters. The third kappa shape index (κ3) is 5.13. The molecule has 2 amide bonds. The van der Waals surface area contributed by atoms with Crippen LogP contribution in [0.1, 0.15) is 20.8 Å². The number of aliphatic hydroxyl groups excluding tert-OH is 1. The van der Waals surface area contributed by atoms with E-state index in [1.165, 1.54) is 0 Å². The van der Waals surface area contributed by atoms with Gasteiger partial charge < -0.3 is 15.3 Å². The first-order valence-electron chi connectivity index (χ1n) is 6.50. The van der Waals surface area contributed by atoms with Crippen LogP contribution in [0.5, 0.6) is 0 Å². The van der Waals surface area contributed by atoms with Crippen LogP contribution in [0.15, 0.2) is 18.3 Å². The maximum absolute atomic E-state index is 11.4. The predicted molar refractivity (Wildman–Crippen MR) is 76.5 cm³/mol. The first-order chi connectivity index (χ1) is 9.06. The molecule has 6 heteroatoms.